The van der Waals surface area contributed by atoms with E-state index in [9.17, 15) is 4.79 Å². The van der Waals surface area contributed by atoms with Gasteiger partial charge in [0.25, 0.3) is 5.91 Å². The van der Waals surface area contributed by atoms with Gasteiger partial charge in [-0.1, -0.05) is 11.3 Å². The topological polar surface area (TPSA) is 68.5 Å². The highest BCUT2D eigenvalue weighted by Gasteiger charge is 2.18. The van der Waals surface area contributed by atoms with Crippen LogP contribution < -0.4 is 10.1 Å². The Bertz CT molecular complexity index is 805. The van der Waals surface area contributed by atoms with Crippen molar-refractivity contribution in [1.29, 1.82) is 0 Å². The van der Waals surface area contributed by atoms with Gasteiger partial charge in [-0.05, 0) is 45.0 Å². The number of hydrogen-bond acceptors (Lipinski definition) is 5. The van der Waals surface area contributed by atoms with E-state index in [0.29, 0.717) is 22.0 Å². The Morgan fingerprint density at radius 2 is 2.05 bits per heavy atom. The second-order valence-electron chi connectivity index (χ2n) is 5.12. The highest BCUT2D eigenvalue weighted by Crippen LogP contribution is 2.19. The number of rotatable bonds is 4. The van der Waals surface area contributed by atoms with Gasteiger partial charge >= 0.3 is 0 Å². The van der Waals surface area contributed by atoms with Gasteiger partial charge < -0.3 is 10.1 Å². The molecule has 114 valence electrons. The lowest BCUT2D eigenvalue weighted by molar-refractivity contribution is 0.102. The van der Waals surface area contributed by atoms with Crippen molar-refractivity contribution in [2.75, 3.05) is 5.32 Å². The maximum absolute atomic E-state index is 12.4. The largest absolute Gasteiger partial charge is 0.491 e. The van der Waals surface area contributed by atoms with Crippen molar-refractivity contribution in [2.45, 2.75) is 26.9 Å². The number of anilines is 1. The van der Waals surface area contributed by atoms with E-state index in [4.69, 9.17) is 4.74 Å². The number of carbonyl (C=O) groups excluding carboxylic acids is 1. The summed E-state index contributed by atoms with van der Waals surface area (Å²) in [5.41, 5.74) is 3.48. The second-order valence-corrected chi connectivity index (χ2v) is 5.94. The van der Waals surface area contributed by atoms with E-state index in [1.165, 1.54) is 11.3 Å². The van der Waals surface area contributed by atoms with Crippen LogP contribution in [0.1, 0.15) is 30.0 Å². The van der Waals surface area contributed by atoms with Gasteiger partial charge in [0.15, 0.2) is 5.69 Å². The van der Waals surface area contributed by atoms with Crippen molar-refractivity contribution in [3.8, 4) is 5.75 Å². The molecule has 1 N–H and O–H groups in total. The van der Waals surface area contributed by atoms with Gasteiger partial charge in [-0.3, -0.25) is 4.79 Å². The molecule has 0 radical (unpaired) electrons. The van der Waals surface area contributed by atoms with E-state index in [-0.39, 0.29) is 12.0 Å². The van der Waals surface area contributed by atoms with Crippen molar-refractivity contribution in [1.82, 2.24) is 14.6 Å². The zero-order valence-corrected chi connectivity index (χ0v) is 13.3. The Morgan fingerprint density at radius 1 is 1.32 bits per heavy atom. The SMILES string of the molecule is Cc1nc2scnn2c1C(=O)Nc1ccc(OC(C)C)cc1. The molecule has 0 unspecified atom stereocenters. The summed E-state index contributed by atoms with van der Waals surface area (Å²) in [5, 5.41) is 7.00. The number of aromatic nitrogens is 3. The summed E-state index contributed by atoms with van der Waals surface area (Å²) in [6.45, 7) is 5.74. The average molecular weight is 316 g/mol. The maximum atomic E-state index is 12.4. The predicted molar refractivity (Wildman–Crippen MR) is 85.8 cm³/mol. The van der Waals surface area contributed by atoms with Crippen LogP contribution in [0, 0.1) is 6.92 Å². The summed E-state index contributed by atoms with van der Waals surface area (Å²) in [6, 6.07) is 7.28. The first-order chi connectivity index (χ1) is 10.5. The number of nitrogens with zero attached hydrogens (tertiary/aromatic N) is 3. The standard InChI is InChI=1S/C15H16N4O2S/c1-9(2)21-12-6-4-11(5-7-12)18-14(20)13-10(3)17-15-19(13)16-8-22-15/h4-9H,1-3H3,(H,18,20). The Hall–Kier alpha value is -2.41. The van der Waals surface area contributed by atoms with E-state index in [1.807, 2.05) is 38.1 Å². The van der Waals surface area contributed by atoms with Gasteiger partial charge in [0.1, 0.15) is 11.3 Å². The lowest BCUT2D eigenvalue weighted by atomic mass is 10.2. The van der Waals surface area contributed by atoms with E-state index in [0.717, 1.165) is 5.75 Å². The Balaban J connectivity index is 1.79. The lowest BCUT2D eigenvalue weighted by Crippen LogP contribution is -2.16. The fourth-order valence-corrected chi connectivity index (χ4v) is 2.80. The van der Waals surface area contributed by atoms with Gasteiger partial charge in [0, 0.05) is 5.69 Å². The number of fused-ring (bicyclic) bond motifs is 1. The number of imidazole rings is 1. The highest BCUT2D eigenvalue weighted by molar-refractivity contribution is 7.14. The first-order valence-corrected chi connectivity index (χ1v) is 7.79. The number of aryl methyl sites for hydroxylation is 1. The number of benzene rings is 1. The molecule has 0 aliphatic heterocycles. The first kappa shape index (κ1) is 14.5. The molecular weight excluding hydrogens is 300 g/mol. The van der Waals surface area contributed by atoms with Crippen molar-refractivity contribution >= 4 is 27.9 Å². The van der Waals surface area contributed by atoms with Crippen LogP contribution in [0.5, 0.6) is 5.75 Å². The predicted octanol–water partition coefficient (Wildman–Crippen LogP) is 3.14. The number of hydrogen-bond donors (Lipinski definition) is 1. The molecular formula is C15H16N4O2S. The molecule has 6 nitrogen and oxygen atoms in total. The van der Waals surface area contributed by atoms with Crippen molar-refractivity contribution in [3.05, 3.63) is 41.2 Å². The quantitative estimate of drug-likeness (QED) is 0.803. The normalized spacial score (nSPS) is 11.1. The number of nitrogens with one attached hydrogen (secondary N) is 1. The van der Waals surface area contributed by atoms with Crippen LogP contribution >= 0.6 is 11.3 Å². The van der Waals surface area contributed by atoms with E-state index >= 15 is 0 Å². The molecule has 0 bridgehead atoms. The van der Waals surface area contributed by atoms with Crippen molar-refractivity contribution < 1.29 is 9.53 Å². The zero-order chi connectivity index (χ0) is 15.7. The van der Waals surface area contributed by atoms with Crippen molar-refractivity contribution in [2.24, 2.45) is 0 Å². The molecule has 0 aliphatic carbocycles. The van der Waals surface area contributed by atoms with Gasteiger partial charge in [0.05, 0.1) is 11.8 Å². The Morgan fingerprint density at radius 3 is 2.73 bits per heavy atom. The minimum Gasteiger partial charge on any atom is -0.491 e. The first-order valence-electron chi connectivity index (χ1n) is 6.91. The fraction of sp³-hybridized carbons (Fsp3) is 0.267. The molecule has 7 heteroatoms. The van der Waals surface area contributed by atoms with Crippen LogP contribution in [0.3, 0.4) is 0 Å². The molecule has 1 amide bonds. The number of carbonyl (C=O) groups is 1. The number of amides is 1. The smallest absolute Gasteiger partial charge is 0.276 e. The minimum absolute atomic E-state index is 0.118. The molecule has 3 aromatic rings. The molecule has 0 saturated carbocycles. The highest BCUT2D eigenvalue weighted by atomic mass is 32.1. The second kappa shape index (κ2) is 5.76. The molecule has 1 aromatic carbocycles. The maximum Gasteiger partial charge on any atom is 0.276 e. The third-order valence-electron chi connectivity index (χ3n) is 3.02. The third kappa shape index (κ3) is 2.80. The van der Waals surface area contributed by atoms with Crippen LogP contribution in [0.15, 0.2) is 29.8 Å². The van der Waals surface area contributed by atoms with Gasteiger partial charge in [-0.25, -0.2) is 4.98 Å². The van der Waals surface area contributed by atoms with E-state index in [2.05, 4.69) is 15.4 Å². The van der Waals surface area contributed by atoms with Gasteiger partial charge in [-0.2, -0.15) is 9.61 Å². The summed E-state index contributed by atoms with van der Waals surface area (Å²) in [5.74, 6) is 0.545. The third-order valence-corrected chi connectivity index (χ3v) is 3.69. The van der Waals surface area contributed by atoms with Crippen LogP contribution in [-0.4, -0.2) is 26.6 Å². The van der Waals surface area contributed by atoms with Gasteiger partial charge in [0.2, 0.25) is 4.96 Å². The molecule has 0 saturated heterocycles. The summed E-state index contributed by atoms with van der Waals surface area (Å²) >= 11 is 1.40. The molecule has 0 fully saturated rings. The molecule has 2 aromatic heterocycles. The summed E-state index contributed by atoms with van der Waals surface area (Å²) in [6.07, 6.45) is 0.118. The fourth-order valence-electron chi connectivity index (χ4n) is 2.13. The van der Waals surface area contributed by atoms with Gasteiger partial charge in [-0.15, -0.1) is 0 Å². The summed E-state index contributed by atoms with van der Waals surface area (Å²) in [7, 11) is 0. The molecule has 2 heterocycles. The number of ether oxygens (including phenoxy) is 1. The van der Waals surface area contributed by atoms with Crippen LogP contribution in [-0.2, 0) is 0 Å². The molecule has 0 atom stereocenters. The van der Waals surface area contributed by atoms with E-state index in [1.54, 1.807) is 16.9 Å². The van der Waals surface area contributed by atoms with Crippen LogP contribution in [0.4, 0.5) is 5.69 Å². The molecule has 0 aliphatic rings. The van der Waals surface area contributed by atoms with Crippen LogP contribution in [0.25, 0.3) is 4.96 Å². The average Bonchev–Trinajstić information content (AvgIpc) is 2.99. The minimum atomic E-state index is -0.228. The van der Waals surface area contributed by atoms with Crippen LogP contribution in [0.2, 0.25) is 0 Å². The monoisotopic (exact) mass is 316 g/mol. The summed E-state index contributed by atoms with van der Waals surface area (Å²) in [4.78, 5) is 17.5. The molecule has 3 rings (SSSR count). The molecule has 0 spiro atoms. The molecule has 22 heavy (non-hydrogen) atoms. The Labute approximate surface area is 131 Å². The van der Waals surface area contributed by atoms with E-state index < -0.39 is 0 Å². The zero-order valence-electron chi connectivity index (χ0n) is 12.5. The summed E-state index contributed by atoms with van der Waals surface area (Å²) < 4.78 is 7.14. The lowest BCUT2D eigenvalue weighted by Gasteiger charge is -2.10. The van der Waals surface area contributed by atoms with Crippen molar-refractivity contribution in [3.63, 3.8) is 0 Å². The Kier molecular flexibility index (Phi) is 3.81.